The lowest BCUT2D eigenvalue weighted by atomic mass is 10.2. The summed E-state index contributed by atoms with van der Waals surface area (Å²) in [6, 6.07) is 9.78. The van der Waals surface area contributed by atoms with Gasteiger partial charge in [-0.05, 0) is 5.56 Å². The monoisotopic (exact) mass is 285 g/mol. The minimum atomic E-state index is -1.43. The molecule has 0 aliphatic carbocycles. The summed E-state index contributed by atoms with van der Waals surface area (Å²) < 4.78 is 0. The van der Waals surface area contributed by atoms with E-state index in [1.165, 1.54) is 16.7 Å². The van der Waals surface area contributed by atoms with Crippen molar-refractivity contribution in [1.29, 1.82) is 0 Å². The van der Waals surface area contributed by atoms with Crippen LogP contribution in [-0.4, -0.2) is 39.2 Å². The Balaban J connectivity index is 1.92. The Bertz CT molecular complexity index is 454. The molecule has 0 aromatic heterocycles. The van der Waals surface area contributed by atoms with Crippen molar-refractivity contribution in [2.75, 3.05) is 6.54 Å². The number of aliphatic carboxylic acids is 1. The third-order valence-corrected chi connectivity index (χ3v) is 4.65. The Kier molecular flexibility index (Phi) is 4.14. The van der Waals surface area contributed by atoms with E-state index in [-0.39, 0.29) is 10.8 Å². The standard InChI is InChI=1S/C12H12ClNO3S/c13-9-6-14(10(15)12(16)17)11(9)18-7-8-4-2-1-3-5-8/h1-5,9,11H,6-7H2,(H,16,17)/t9-,11+/m0/s1. The summed E-state index contributed by atoms with van der Waals surface area (Å²) in [4.78, 5) is 23.3. The fraction of sp³-hybridized carbons (Fsp3) is 0.333. The lowest BCUT2D eigenvalue weighted by Crippen LogP contribution is -2.59. The van der Waals surface area contributed by atoms with Crippen LogP contribution in [0.25, 0.3) is 0 Å². The Morgan fingerprint density at radius 2 is 2.06 bits per heavy atom. The Labute approximate surface area is 114 Å². The molecule has 1 aromatic rings. The van der Waals surface area contributed by atoms with E-state index in [0.717, 1.165) is 5.56 Å². The van der Waals surface area contributed by atoms with Gasteiger partial charge in [0.2, 0.25) is 0 Å². The Morgan fingerprint density at radius 1 is 1.39 bits per heavy atom. The van der Waals surface area contributed by atoms with E-state index in [1.807, 2.05) is 30.3 Å². The number of amides is 1. The van der Waals surface area contributed by atoms with Crippen molar-refractivity contribution in [3.63, 3.8) is 0 Å². The summed E-state index contributed by atoms with van der Waals surface area (Å²) in [5, 5.41) is 8.23. The fourth-order valence-electron chi connectivity index (χ4n) is 1.71. The number of carbonyl (C=O) groups excluding carboxylic acids is 1. The van der Waals surface area contributed by atoms with Gasteiger partial charge >= 0.3 is 11.9 Å². The summed E-state index contributed by atoms with van der Waals surface area (Å²) in [5.41, 5.74) is 1.13. The molecule has 4 nitrogen and oxygen atoms in total. The van der Waals surface area contributed by atoms with E-state index in [2.05, 4.69) is 0 Å². The Hall–Kier alpha value is -1.20. The van der Waals surface area contributed by atoms with Gasteiger partial charge in [-0.1, -0.05) is 30.3 Å². The van der Waals surface area contributed by atoms with E-state index < -0.39 is 11.9 Å². The smallest absolute Gasteiger partial charge is 0.394 e. The van der Waals surface area contributed by atoms with Gasteiger partial charge in [0.1, 0.15) is 0 Å². The highest BCUT2D eigenvalue weighted by molar-refractivity contribution is 7.99. The van der Waals surface area contributed by atoms with Crippen molar-refractivity contribution < 1.29 is 14.7 Å². The van der Waals surface area contributed by atoms with Crippen molar-refractivity contribution in [3.8, 4) is 0 Å². The lowest BCUT2D eigenvalue weighted by molar-refractivity contribution is -0.158. The number of carbonyl (C=O) groups is 2. The molecule has 18 heavy (non-hydrogen) atoms. The van der Waals surface area contributed by atoms with Crippen LogP contribution in [-0.2, 0) is 15.3 Å². The van der Waals surface area contributed by atoms with Gasteiger partial charge in [-0.2, -0.15) is 0 Å². The van der Waals surface area contributed by atoms with Crippen LogP contribution in [0.15, 0.2) is 30.3 Å². The quantitative estimate of drug-likeness (QED) is 0.679. The van der Waals surface area contributed by atoms with Gasteiger partial charge in [0.05, 0.1) is 10.8 Å². The van der Waals surface area contributed by atoms with Gasteiger partial charge in [0.15, 0.2) is 0 Å². The summed E-state index contributed by atoms with van der Waals surface area (Å²) in [7, 11) is 0. The largest absolute Gasteiger partial charge is 0.474 e. The fourth-order valence-corrected chi connectivity index (χ4v) is 3.43. The number of halogens is 1. The number of alkyl halides is 1. The summed E-state index contributed by atoms with van der Waals surface area (Å²) in [5.74, 6) is -1.60. The third kappa shape index (κ3) is 2.79. The molecule has 2 rings (SSSR count). The van der Waals surface area contributed by atoms with E-state index in [4.69, 9.17) is 16.7 Å². The average molecular weight is 286 g/mol. The summed E-state index contributed by atoms with van der Waals surface area (Å²) in [6.45, 7) is 0.305. The van der Waals surface area contributed by atoms with Crippen LogP contribution in [0, 0.1) is 0 Å². The lowest BCUT2D eigenvalue weighted by Gasteiger charge is -2.43. The number of hydrogen-bond acceptors (Lipinski definition) is 3. The predicted molar refractivity (Wildman–Crippen MR) is 70.5 cm³/mol. The molecule has 1 saturated heterocycles. The number of likely N-dealkylation sites (tertiary alicyclic amines) is 1. The number of nitrogens with zero attached hydrogens (tertiary/aromatic N) is 1. The van der Waals surface area contributed by atoms with E-state index in [9.17, 15) is 9.59 Å². The first-order valence-corrected chi connectivity index (χ1v) is 6.91. The van der Waals surface area contributed by atoms with Gasteiger partial charge in [0, 0.05) is 12.3 Å². The highest BCUT2D eigenvalue weighted by atomic mass is 35.5. The van der Waals surface area contributed by atoms with E-state index in [0.29, 0.717) is 12.3 Å². The van der Waals surface area contributed by atoms with Crippen molar-refractivity contribution in [1.82, 2.24) is 4.90 Å². The van der Waals surface area contributed by atoms with Gasteiger partial charge < -0.3 is 10.0 Å². The zero-order chi connectivity index (χ0) is 13.1. The normalized spacial score (nSPS) is 22.4. The summed E-state index contributed by atoms with van der Waals surface area (Å²) >= 11 is 7.51. The second kappa shape index (κ2) is 5.63. The number of hydrogen-bond donors (Lipinski definition) is 1. The number of thioether (sulfide) groups is 1. The first-order chi connectivity index (χ1) is 8.59. The van der Waals surface area contributed by atoms with E-state index in [1.54, 1.807) is 0 Å². The first-order valence-electron chi connectivity index (χ1n) is 5.43. The molecule has 0 unspecified atom stereocenters. The molecule has 1 aliphatic rings. The average Bonchev–Trinajstić information content (AvgIpc) is 2.36. The second-order valence-electron chi connectivity index (χ2n) is 3.97. The van der Waals surface area contributed by atoms with Crippen LogP contribution >= 0.6 is 23.4 Å². The van der Waals surface area contributed by atoms with Crippen molar-refractivity contribution in [3.05, 3.63) is 35.9 Å². The molecular formula is C12H12ClNO3S. The van der Waals surface area contributed by atoms with Crippen LogP contribution < -0.4 is 0 Å². The molecule has 1 aliphatic heterocycles. The molecule has 96 valence electrons. The van der Waals surface area contributed by atoms with Crippen molar-refractivity contribution >= 4 is 35.2 Å². The van der Waals surface area contributed by atoms with Crippen molar-refractivity contribution in [2.45, 2.75) is 16.5 Å². The number of rotatable bonds is 3. The molecule has 0 saturated carbocycles. The molecule has 1 amide bonds. The molecule has 1 aromatic carbocycles. The van der Waals surface area contributed by atoms with Gasteiger partial charge in [-0.25, -0.2) is 4.79 Å². The number of carboxylic acid groups (broad SMARTS) is 1. The molecule has 1 N–H and O–H groups in total. The molecular weight excluding hydrogens is 274 g/mol. The van der Waals surface area contributed by atoms with Crippen LogP contribution in [0.2, 0.25) is 0 Å². The van der Waals surface area contributed by atoms with Crippen molar-refractivity contribution in [2.24, 2.45) is 0 Å². The maximum Gasteiger partial charge on any atom is 0.394 e. The highest BCUT2D eigenvalue weighted by Gasteiger charge is 2.43. The molecule has 0 spiro atoms. The molecule has 1 fully saturated rings. The van der Waals surface area contributed by atoms with Crippen LogP contribution in [0.4, 0.5) is 0 Å². The molecule has 0 bridgehead atoms. The zero-order valence-corrected chi connectivity index (χ0v) is 11.0. The van der Waals surface area contributed by atoms with Crippen LogP contribution in [0.5, 0.6) is 0 Å². The van der Waals surface area contributed by atoms with Gasteiger partial charge in [-0.15, -0.1) is 23.4 Å². The third-order valence-electron chi connectivity index (χ3n) is 2.70. The number of benzene rings is 1. The zero-order valence-electron chi connectivity index (χ0n) is 9.45. The molecule has 2 atom stereocenters. The second-order valence-corrected chi connectivity index (χ2v) is 5.63. The first kappa shape index (κ1) is 13.2. The summed E-state index contributed by atoms with van der Waals surface area (Å²) in [6.07, 6.45) is 0. The highest BCUT2D eigenvalue weighted by Crippen LogP contribution is 2.34. The number of carboxylic acids is 1. The predicted octanol–water partition coefficient (Wildman–Crippen LogP) is 1.78. The maximum absolute atomic E-state index is 11.3. The maximum atomic E-state index is 11.3. The topological polar surface area (TPSA) is 57.6 Å². The van der Waals surface area contributed by atoms with Gasteiger partial charge in [-0.3, -0.25) is 4.79 Å². The SMILES string of the molecule is O=C(O)C(=O)N1C[C@H](Cl)[C@H]1SCc1ccccc1. The molecule has 0 radical (unpaired) electrons. The minimum Gasteiger partial charge on any atom is -0.474 e. The molecule has 1 heterocycles. The van der Waals surface area contributed by atoms with E-state index >= 15 is 0 Å². The Morgan fingerprint density at radius 3 is 2.61 bits per heavy atom. The van der Waals surface area contributed by atoms with Gasteiger partial charge in [0.25, 0.3) is 0 Å². The van der Waals surface area contributed by atoms with Crippen LogP contribution in [0.3, 0.4) is 0 Å². The van der Waals surface area contributed by atoms with Crippen LogP contribution in [0.1, 0.15) is 5.56 Å². The molecule has 6 heteroatoms. The minimum absolute atomic E-state index is 0.179.